The molecule has 0 aliphatic heterocycles. The summed E-state index contributed by atoms with van der Waals surface area (Å²) in [6, 6.07) is 0. The van der Waals surface area contributed by atoms with Crippen LogP contribution in [0.4, 0.5) is 0 Å². The van der Waals surface area contributed by atoms with Gasteiger partial charge in [-0.15, -0.1) is 0 Å². The Morgan fingerprint density at radius 3 is 1.22 bits per heavy atom. The summed E-state index contributed by atoms with van der Waals surface area (Å²) < 4.78 is 4.89. The van der Waals surface area contributed by atoms with Gasteiger partial charge >= 0.3 is 5.97 Å². The first-order valence-corrected chi connectivity index (χ1v) is 14.1. The molecule has 0 spiro atoms. The van der Waals surface area contributed by atoms with Gasteiger partial charge in [0.1, 0.15) is 12.7 Å². The minimum atomic E-state index is -0.955. The first kappa shape index (κ1) is 31.4. The highest BCUT2D eigenvalue weighted by molar-refractivity contribution is 5.69. The maximum atomic E-state index is 11.5. The van der Waals surface area contributed by atoms with E-state index in [1.165, 1.54) is 128 Å². The van der Waals surface area contributed by atoms with E-state index < -0.39 is 6.10 Å². The number of carbonyl (C=O) groups excluding carboxylic acids is 1. The Labute approximate surface area is 199 Å². The van der Waals surface area contributed by atoms with Crippen LogP contribution in [-0.4, -0.2) is 35.5 Å². The second kappa shape index (κ2) is 26.6. The number of hydrogen-bond acceptors (Lipinski definition) is 4. The number of carbonyl (C=O) groups is 1. The van der Waals surface area contributed by atoms with Gasteiger partial charge in [0.05, 0.1) is 6.61 Å². The molecule has 32 heavy (non-hydrogen) atoms. The van der Waals surface area contributed by atoms with E-state index in [4.69, 9.17) is 14.9 Å². The van der Waals surface area contributed by atoms with Gasteiger partial charge in [0.2, 0.25) is 0 Å². The fourth-order valence-electron chi connectivity index (χ4n) is 4.19. The van der Waals surface area contributed by atoms with Gasteiger partial charge in [0.25, 0.3) is 0 Å². The van der Waals surface area contributed by atoms with Gasteiger partial charge in [-0.2, -0.15) is 0 Å². The van der Waals surface area contributed by atoms with Crippen molar-refractivity contribution in [2.24, 2.45) is 0 Å². The largest absolute Gasteiger partial charge is 0.463 e. The van der Waals surface area contributed by atoms with Crippen LogP contribution in [0.5, 0.6) is 0 Å². The Morgan fingerprint density at radius 2 is 0.906 bits per heavy atom. The molecule has 0 saturated heterocycles. The lowest BCUT2D eigenvalue weighted by Crippen LogP contribution is -2.21. The topological polar surface area (TPSA) is 66.8 Å². The fourth-order valence-corrected chi connectivity index (χ4v) is 4.19. The van der Waals surface area contributed by atoms with E-state index in [9.17, 15) is 4.79 Å². The van der Waals surface area contributed by atoms with Gasteiger partial charge in [-0.05, 0) is 6.42 Å². The molecule has 0 aromatic carbocycles. The van der Waals surface area contributed by atoms with Crippen molar-refractivity contribution in [2.45, 2.75) is 161 Å². The highest BCUT2D eigenvalue weighted by atomic mass is 16.5. The zero-order chi connectivity index (χ0) is 23.5. The Balaban J connectivity index is 3.10. The molecule has 0 radical (unpaired) electrons. The highest BCUT2D eigenvalue weighted by Gasteiger charge is 2.07. The van der Waals surface area contributed by atoms with Crippen LogP contribution in [0, 0.1) is 0 Å². The summed E-state index contributed by atoms with van der Waals surface area (Å²) in [5.41, 5.74) is 0. The molecule has 1 atom stereocenters. The summed E-state index contributed by atoms with van der Waals surface area (Å²) in [5.74, 6) is -0.273. The predicted octanol–water partition coefficient (Wildman–Crippen LogP) is 7.88. The van der Waals surface area contributed by atoms with Gasteiger partial charge in [0, 0.05) is 6.42 Å². The predicted molar refractivity (Wildman–Crippen MR) is 136 cm³/mol. The van der Waals surface area contributed by atoms with Crippen molar-refractivity contribution in [1.29, 1.82) is 0 Å². The van der Waals surface area contributed by atoms with Crippen molar-refractivity contribution in [3.63, 3.8) is 0 Å². The first-order valence-electron chi connectivity index (χ1n) is 14.1. The minimum Gasteiger partial charge on any atom is -0.463 e. The number of hydrogen-bond donors (Lipinski definition) is 2. The summed E-state index contributed by atoms with van der Waals surface area (Å²) >= 11 is 0. The molecule has 4 heteroatoms. The third-order valence-electron chi connectivity index (χ3n) is 6.38. The molecule has 0 aromatic heterocycles. The van der Waals surface area contributed by atoms with Gasteiger partial charge in [-0.3, -0.25) is 4.79 Å². The lowest BCUT2D eigenvalue weighted by Gasteiger charge is -2.08. The molecule has 0 amide bonds. The third-order valence-corrected chi connectivity index (χ3v) is 6.38. The highest BCUT2D eigenvalue weighted by Crippen LogP contribution is 2.15. The Morgan fingerprint density at radius 1 is 0.594 bits per heavy atom. The molecule has 0 bridgehead atoms. The molecule has 2 N–H and O–H groups in total. The molecule has 0 fully saturated rings. The summed E-state index contributed by atoms with van der Waals surface area (Å²) in [5, 5.41) is 17.8. The van der Waals surface area contributed by atoms with Crippen molar-refractivity contribution in [3.05, 3.63) is 0 Å². The number of unbranched alkanes of at least 4 members (excludes halogenated alkanes) is 21. The average molecular weight is 457 g/mol. The van der Waals surface area contributed by atoms with E-state index in [1.54, 1.807) is 0 Å². The lowest BCUT2D eigenvalue weighted by atomic mass is 10.0. The fraction of sp³-hybridized carbons (Fsp3) is 0.964. The van der Waals surface area contributed by atoms with Crippen molar-refractivity contribution >= 4 is 5.97 Å². The molecule has 0 heterocycles. The van der Waals surface area contributed by atoms with Crippen LogP contribution in [0.3, 0.4) is 0 Å². The van der Waals surface area contributed by atoms with Crippen LogP contribution in [0.15, 0.2) is 0 Å². The van der Waals surface area contributed by atoms with Crippen LogP contribution in [0.25, 0.3) is 0 Å². The van der Waals surface area contributed by atoms with Crippen LogP contribution >= 0.6 is 0 Å². The minimum absolute atomic E-state index is 0.103. The van der Waals surface area contributed by atoms with Crippen molar-refractivity contribution in [1.82, 2.24) is 0 Å². The number of ether oxygens (including phenoxy) is 1. The monoisotopic (exact) mass is 456 g/mol. The Kier molecular flexibility index (Phi) is 26.1. The van der Waals surface area contributed by atoms with Gasteiger partial charge in [-0.1, -0.05) is 142 Å². The Bertz CT molecular complexity index is 372. The molecular formula is C28H56O4. The van der Waals surface area contributed by atoms with E-state index in [1.807, 2.05) is 0 Å². The molecule has 0 rings (SSSR count). The van der Waals surface area contributed by atoms with E-state index >= 15 is 0 Å². The van der Waals surface area contributed by atoms with E-state index in [0.717, 1.165) is 12.8 Å². The number of aliphatic hydroxyl groups is 2. The maximum absolute atomic E-state index is 11.5. The zero-order valence-corrected chi connectivity index (χ0v) is 21.5. The molecule has 192 valence electrons. The van der Waals surface area contributed by atoms with Gasteiger partial charge in [-0.25, -0.2) is 0 Å². The summed E-state index contributed by atoms with van der Waals surface area (Å²) in [4.78, 5) is 11.5. The zero-order valence-electron chi connectivity index (χ0n) is 21.5. The number of esters is 1. The molecule has 4 nitrogen and oxygen atoms in total. The van der Waals surface area contributed by atoms with Crippen molar-refractivity contribution in [2.75, 3.05) is 13.2 Å². The SMILES string of the molecule is CCCCCCCCCCCCCCCCCCCCCCCCC(=O)OCC(O)CO. The first-order chi connectivity index (χ1) is 15.7. The van der Waals surface area contributed by atoms with Crippen LogP contribution < -0.4 is 0 Å². The van der Waals surface area contributed by atoms with E-state index in [2.05, 4.69) is 6.92 Å². The van der Waals surface area contributed by atoms with Gasteiger partial charge in [0.15, 0.2) is 0 Å². The summed E-state index contributed by atoms with van der Waals surface area (Å²) in [6.07, 6.45) is 29.3. The van der Waals surface area contributed by atoms with Crippen LogP contribution in [0.2, 0.25) is 0 Å². The van der Waals surface area contributed by atoms with Crippen LogP contribution in [0.1, 0.15) is 155 Å². The molecular weight excluding hydrogens is 400 g/mol. The third kappa shape index (κ3) is 25.6. The molecule has 0 aliphatic rings. The number of aliphatic hydroxyl groups excluding tert-OH is 2. The Hall–Kier alpha value is -0.610. The molecule has 0 aliphatic carbocycles. The van der Waals surface area contributed by atoms with E-state index in [0.29, 0.717) is 6.42 Å². The van der Waals surface area contributed by atoms with E-state index in [-0.39, 0.29) is 19.2 Å². The molecule has 0 aromatic rings. The van der Waals surface area contributed by atoms with Crippen LogP contribution in [-0.2, 0) is 9.53 Å². The van der Waals surface area contributed by atoms with Crippen molar-refractivity contribution in [3.8, 4) is 0 Å². The smallest absolute Gasteiger partial charge is 0.305 e. The second-order valence-corrected chi connectivity index (χ2v) is 9.69. The second-order valence-electron chi connectivity index (χ2n) is 9.69. The van der Waals surface area contributed by atoms with Crippen molar-refractivity contribution < 1.29 is 19.7 Å². The lowest BCUT2D eigenvalue weighted by molar-refractivity contribution is -0.147. The quantitative estimate of drug-likeness (QED) is 0.103. The van der Waals surface area contributed by atoms with Gasteiger partial charge < -0.3 is 14.9 Å². The molecule has 1 unspecified atom stereocenters. The molecule has 0 saturated carbocycles. The average Bonchev–Trinajstić information content (AvgIpc) is 2.80. The number of rotatable bonds is 26. The maximum Gasteiger partial charge on any atom is 0.305 e. The normalized spacial score (nSPS) is 12.2. The summed E-state index contributed by atoms with van der Waals surface area (Å²) in [7, 11) is 0. The standard InChI is InChI=1S/C28H56O4/c1-2-3-4-5-6-7-8-9-10-11-12-13-14-15-16-17-18-19-20-21-22-23-24-28(31)32-26-27(30)25-29/h27,29-30H,2-26H2,1H3. The summed E-state index contributed by atoms with van der Waals surface area (Å²) in [6.45, 7) is 1.81.